The standard InChI is InChI=1S/C22H19ClN2O3/c1-15(24-22(27)16-11-13-17(23)14-12-16)21(26)25-19-9-5-6-10-20(19)28-18-7-3-2-4-8-18/h2-15H,1H3,(H,24,27)(H,25,26). The number of amides is 2. The van der Waals surface area contributed by atoms with Gasteiger partial charge in [-0.2, -0.15) is 0 Å². The molecule has 0 heterocycles. The van der Waals surface area contributed by atoms with Crippen molar-refractivity contribution in [1.29, 1.82) is 0 Å². The van der Waals surface area contributed by atoms with Gasteiger partial charge in [-0.05, 0) is 55.5 Å². The Hall–Kier alpha value is -3.31. The molecule has 0 aromatic heterocycles. The number of halogens is 1. The first-order valence-electron chi connectivity index (χ1n) is 8.72. The molecule has 2 amide bonds. The normalized spacial score (nSPS) is 11.4. The molecule has 0 bridgehead atoms. The number of nitrogens with one attached hydrogen (secondary N) is 2. The molecule has 0 fully saturated rings. The highest BCUT2D eigenvalue weighted by atomic mass is 35.5. The summed E-state index contributed by atoms with van der Waals surface area (Å²) in [7, 11) is 0. The van der Waals surface area contributed by atoms with E-state index < -0.39 is 6.04 Å². The summed E-state index contributed by atoms with van der Waals surface area (Å²) >= 11 is 5.83. The van der Waals surface area contributed by atoms with Crippen LogP contribution in [0.25, 0.3) is 0 Å². The maximum atomic E-state index is 12.5. The van der Waals surface area contributed by atoms with Gasteiger partial charge in [0.25, 0.3) is 5.91 Å². The van der Waals surface area contributed by atoms with Crippen LogP contribution in [-0.2, 0) is 4.79 Å². The molecule has 3 rings (SSSR count). The summed E-state index contributed by atoms with van der Waals surface area (Å²) in [6.07, 6.45) is 0. The van der Waals surface area contributed by atoms with Crippen molar-refractivity contribution in [3.8, 4) is 11.5 Å². The summed E-state index contributed by atoms with van der Waals surface area (Å²) in [5, 5.41) is 6.01. The van der Waals surface area contributed by atoms with Crippen LogP contribution in [0.1, 0.15) is 17.3 Å². The second kappa shape index (κ2) is 9.06. The largest absolute Gasteiger partial charge is 0.455 e. The van der Waals surface area contributed by atoms with Gasteiger partial charge in [-0.15, -0.1) is 0 Å². The molecule has 6 heteroatoms. The van der Waals surface area contributed by atoms with Gasteiger partial charge in [0.2, 0.25) is 5.91 Å². The first kappa shape index (κ1) is 19.5. The fourth-order valence-electron chi connectivity index (χ4n) is 2.46. The number of hydrogen-bond donors (Lipinski definition) is 2. The predicted molar refractivity (Wildman–Crippen MR) is 110 cm³/mol. The zero-order valence-corrected chi connectivity index (χ0v) is 15.9. The van der Waals surface area contributed by atoms with E-state index in [1.807, 2.05) is 36.4 Å². The zero-order valence-electron chi connectivity index (χ0n) is 15.2. The molecule has 0 aliphatic carbocycles. The third kappa shape index (κ3) is 5.11. The fourth-order valence-corrected chi connectivity index (χ4v) is 2.59. The molecule has 3 aromatic rings. The average Bonchev–Trinajstić information content (AvgIpc) is 2.70. The Morgan fingerprint density at radius 2 is 1.54 bits per heavy atom. The van der Waals surface area contributed by atoms with Crippen LogP contribution in [-0.4, -0.2) is 17.9 Å². The summed E-state index contributed by atoms with van der Waals surface area (Å²) in [5.41, 5.74) is 0.945. The lowest BCUT2D eigenvalue weighted by molar-refractivity contribution is -0.117. The summed E-state index contributed by atoms with van der Waals surface area (Å²) in [5.74, 6) is 0.464. The van der Waals surface area contributed by atoms with Crippen LogP contribution in [0.15, 0.2) is 78.9 Å². The van der Waals surface area contributed by atoms with E-state index in [9.17, 15) is 9.59 Å². The Labute approximate surface area is 168 Å². The third-order valence-electron chi connectivity index (χ3n) is 3.96. The van der Waals surface area contributed by atoms with Crippen molar-refractivity contribution in [2.24, 2.45) is 0 Å². The van der Waals surface area contributed by atoms with E-state index in [0.717, 1.165) is 0 Å². The van der Waals surface area contributed by atoms with Gasteiger partial charge in [0.1, 0.15) is 11.8 Å². The molecule has 0 spiro atoms. The van der Waals surface area contributed by atoms with E-state index in [4.69, 9.17) is 16.3 Å². The summed E-state index contributed by atoms with van der Waals surface area (Å²) in [4.78, 5) is 24.8. The molecule has 1 unspecified atom stereocenters. The van der Waals surface area contributed by atoms with Gasteiger partial charge in [-0.3, -0.25) is 9.59 Å². The molecular formula is C22H19ClN2O3. The summed E-state index contributed by atoms with van der Waals surface area (Å²) < 4.78 is 5.84. The highest BCUT2D eigenvalue weighted by molar-refractivity contribution is 6.30. The van der Waals surface area contributed by atoms with Crippen molar-refractivity contribution in [3.63, 3.8) is 0 Å². The number of anilines is 1. The highest BCUT2D eigenvalue weighted by Gasteiger charge is 2.18. The van der Waals surface area contributed by atoms with Crippen molar-refractivity contribution < 1.29 is 14.3 Å². The smallest absolute Gasteiger partial charge is 0.251 e. The Bertz CT molecular complexity index is 959. The molecule has 0 radical (unpaired) electrons. The van der Waals surface area contributed by atoms with E-state index >= 15 is 0 Å². The second-order valence-electron chi connectivity index (χ2n) is 6.10. The van der Waals surface area contributed by atoms with Crippen LogP contribution in [0.2, 0.25) is 5.02 Å². The van der Waals surface area contributed by atoms with Gasteiger partial charge in [0.15, 0.2) is 5.75 Å². The summed E-state index contributed by atoms with van der Waals surface area (Å²) in [6.45, 7) is 1.61. The Morgan fingerprint density at radius 3 is 2.25 bits per heavy atom. The maximum absolute atomic E-state index is 12.5. The molecule has 1 atom stereocenters. The van der Waals surface area contributed by atoms with Crippen molar-refractivity contribution in [2.75, 3.05) is 5.32 Å². The fraction of sp³-hybridized carbons (Fsp3) is 0.0909. The van der Waals surface area contributed by atoms with Crippen LogP contribution >= 0.6 is 11.6 Å². The molecule has 28 heavy (non-hydrogen) atoms. The first-order chi connectivity index (χ1) is 13.5. The van der Waals surface area contributed by atoms with E-state index in [1.54, 1.807) is 49.4 Å². The number of hydrogen-bond acceptors (Lipinski definition) is 3. The lowest BCUT2D eigenvalue weighted by Crippen LogP contribution is -2.41. The molecular weight excluding hydrogens is 376 g/mol. The molecule has 5 nitrogen and oxygen atoms in total. The number of carbonyl (C=O) groups excluding carboxylic acids is 2. The van der Waals surface area contributed by atoms with Gasteiger partial charge >= 0.3 is 0 Å². The monoisotopic (exact) mass is 394 g/mol. The van der Waals surface area contributed by atoms with Crippen molar-refractivity contribution >= 4 is 29.1 Å². The Kier molecular flexibility index (Phi) is 6.29. The lowest BCUT2D eigenvalue weighted by atomic mass is 10.2. The quantitative estimate of drug-likeness (QED) is 0.625. The Morgan fingerprint density at radius 1 is 0.893 bits per heavy atom. The van der Waals surface area contributed by atoms with Gasteiger partial charge in [0.05, 0.1) is 5.69 Å². The van der Waals surface area contributed by atoms with E-state index in [1.165, 1.54) is 0 Å². The molecule has 0 aliphatic heterocycles. The average molecular weight is 395 g/mol. The van der Waals surface area contributed by atoms with E-state index in [-0.39, 0.29) is 11.8 Å². The van der Waals surface area contributed by atoms with Crippen molar-refractivity contribution in [2.45, 2.75) is 13.0 Å². The van der Waals surface area contributed by atoms with Crippen LogP contribution in [0, 0.1) is 0 Å². The summed E-state index contributed by atoms with van der Waals surface area (Å²) in [6, 6.07) is 22.1. The van der Waals surface area contributed by atoms with Gasteiger partial charge in [-0.1, -0.05) is 41.9 Å². The Balaban J connectivity index is 1.65. The number of benzene rings is 3. The lowest BCUT2D eigenvalue weighted by Gasteiger charge is -2.16. The van der Waals surface area contributed by atoms with Crippen molar-refractivity contribution in [1.82, 2.24) is 5.32 Å². The van der Waals surface area contributed by atoms with Crippen molar-refractivity contribution in [3.05, 3.63) is 89.4 Å². The topological polar surface area (TPSA) is 67.4 Å². The van der Waals surface area contributed by atoms with Gasteiger partial charge in [-0.25, -0.2) is 0 Å². The molecule has 0 saturated carbocycles. The van der Waals surface area contributed by atoms with E-state index in [2.05, 4.69) is 10.6 Å². The third-order valence-corrected chi connectivity index (χ3v) is 4.22. The zero-order chi connectivity index (χ0) is 19.9. The molecule has 0 aliphatic rings. The van der Waals surface area contributed by atoms with Crippen LogP contribution in [0.5, 0.6) is 11.5 Å². The SMILES string of the molecule is CC(NC(=O)c1ccc(Cl)cc1)C(=O)Nc1ccccc1Oc1ccccc1. The molecule has 142 valence electrons. The second-order valence-corrected chi connectivity index (χ2v) is 6.54. The number of carbonyl (C=O) groups is 2. The predicted octanol–water partition coefficient (Wildman–Crippen LogP) is 4.89. The van der Waals surface area contributed by atoms with E-state index in [0.29, 0.717) is 27.8 Å². The van der Waals surface area contributed by atoms with Crippen LogP contribution in [0.4, 0.5) is 5.69 Å². The first-order valence-corrected chi connectivity index (χ1v) is 9.10. The minimum Gasteiger partial charge on any atom is -0.455 e. The maximum Gasteiger partial charge on any atom is 0.251 e. The minimum atomic E-state index is -0.743. The highest BCUT2D eigenvalue weighted by Crippen LogP contribution is 2.29. The number of ether oxygens (including phenoxy) is 1. The molecule has 3 aromatic carbocycles. The number of para-hydroxylation sites is 3. The van der Waals surface area contributed by atoms with Crippen LogP contribution < -0.4 is 15.4 Å². The minimum absolute atomic E-state index is 0.354. The molecule has 0 saturated heterocycles. The number of rotatable bonds is 6. The van der Waals surface area contributed by atoms with Gasteiger partial charge < -0.3 is 15.4 Å². The molecule has 2 N–H and O–H groups in total. The van der Waals surface area contributed by atoms with Crippen LogP contribution in [0.3, 0.4) is 0 Å². The van der Waals surface area contributed by atoms with Gasteiger partial charge in [0, 0.05) is 10.6 Å².